The number of carbonyl (C=O) groups excluding carboxylic acids is 2. The summed E-state index contributed by atoms with van der Waals surface area (Å²) >= 11 is 0. The van der Waals surface area contributed by atoms with Crippen molar-refractivity contribution < 1.29 is 22.7 Å². The van der Waals surface area contributed by atoms with Crippen molar-refractivity contribution in [3.8, 4) is 6.07 Å². The fourth-order valence-corrected chi connectivity index (χ4v) is 2.73. The molecule has 8 heteroatoms. The number of ether oxygens (including phenoxy) is 1. The molecule has 2 rings (SSSR count). The van der Waals surface area contributed by atoms with Crippen molar-refractivity contribution in [1.29, 1.82) is 5.26 Å². The van der Waals surface area contributed by atoms with Crippen molar-refractivity contribution in [2.24, 2.45) is 0 Å². The molecule has 0 aliphatic heterocycles. The fourth-order valence-electron chi connectivity index (χ4n) is 2.06. The predicted octanol–water partition coefficient (Wildman–Crippen LogP) is 2.15. The molecule has 0 spiro atoms. The first-order valence-corrected chi connectivity index (χ1v) is 9.42. The van der Waals surface area contributed by atoms with Gasteiger partial charge in [0, 0.05) is 6.26 Å². The Morgan fingerprint density at radius 2 is 1.85 bits per heavy atom. The Balaban J connectivity index is 2.09. The van der Waals surface area contributed by atoms with E-state index in [4.69, 9.17) is 10.00 Å². The smallest absolute Gasteiger partial charge is 0.338 e. The van der Waals surface area contributed by atoms with Crippen LogP contribution in [0.2, 0.25) is 0 Å². The molecule has 1 N–H and O–H groups in total. The standard InChI is InChI=1S/C18H16N2O5S/c1-12(17(21)20-16-9-4-3-6-14(16)11-19)25-18(22)13-7-5-8-15(10-13)26(2,23)24/h3-10,12H,1-2H3,(H,20,21)/t12-/m1/s1. The summed E-state index contributed by atoms with van der Waals surface area (Å²) < 4.78 is 28.2. The third-order valence-electron chi connectivity index (χ3n) is 3.46. The van der Waals surface area contributed by atoms with Crippen LogP contribution in [0.1, 0.15) is 22.8 Å². The van der Waals surface area contributed by atoms with Gasteiger partial charge in [0.05, 0.1) is 21.7 Å². The van der Waals surface area contributed by atoms with Crippen LogP contribution in [0.3, 0.4) is 0 Å². The normalized spacial score (nSPS) is 11.9. The van der Waals surface area contributed by atoms with Gasteiger partial charge in [-0.15, -0.1) is 0 Å². The largest absolute Gasteiger partial charge is 0.449 e. The first kappa shape index (κ1) is 19.1. The molecule has 0 saturated carbocycles. The molecule has 1 amide bonds. The lowest BCUT2D eigenvalue weighted by Crippen LogP contribution is -2.30. The molecule has 0 fully saturated rings. The molecular weight excluding hydrogens is 356 g/mol. The van der Waals surface area contributed by atoms with Crippen LogP contribution < -0.4 is 5.32 Å². The minimum absolute atomic E-state index is 0.0185. The molecule has 7 nitrogen and oxygen atoms in total. The zero-order chi connectivity index (χ0) is 19.3. The Labute approximate surface area is 151 Å². The van der Waals surface area contributed by atoms with Gasteiger partial charge in [0.15, 0.2) is 15.9 Å². The summed E-state index contributed by atoms with van der Waals surface area (Å²) in [5.74, 6) is -1.44. The van der Waals surface area contributed by atoms with Gasteiger partial charge in [-0.25, -0.2) is 13.2 Å². The van der Waals surface area contributed by atoms with Crippen LogP contribution >= 0.6 is 0 Å². The molecule has 0 saturated heterocycles. The monoisotopic (exact) mass is 372 g/mol. The zero-order valence-corrected chi connectivity index (χ0v) is 14.9. The first-order valence-electron chi connectivity index (χ1n) is 7.53. The molecular formula is C18H16N2O5S. The van der Waals surface area contributed by atoms with Crippen LogP contribution in [0.4, 0.5) is 5.69 Å². The molecule has 0 aliphatic rings. The van der Waals surface area contributed by atoms with E-state index in [1.54, 1.807) is 24.3 Å². The van der Waals surface area contributed by atoms with Crippen LogP contribution in [0.15, 0.2) is 53.4 Å². The first-order chi connectivity index (χ1) is 12.2. The number of hydrogen-bond donors (Lipinski definition) is 1. The molecule has 0 heterocycles. The van der Waals surface area contributed by atoms with Crippen molar-refractivity contribution >= 4 is 27.4 Å². The average molecular weight is 372 g/mol. The van der Waals surface area contributed by atoms with E-state index in [1.165, 1.54) is 31.2 Å². The molecule has 1 atom stereocenters. The highest BCUT2D eigenvalue weighted by atomic mass is 32.2. The Bertz CT molecular complexity index is 993. The lowest BCUT2D eigenvalue weighted by Gasteiger charge is -2.14. The molecule has 0 aliphatic carbocycles. The molecule has 134 valence electrons. The molecule has 0 bridgehead atoms. The number of nitrogens with zero attached hydrogens (tertiary/aromatic N) is 1. The van der Waals surface area contributed by atoms with E-state index in [0.29, 0.717) is 5.69 Å². The summed E-state index contributed by atoms with van der Waals surface area (Å²) in [4.78, 5) is 24.3. The van der Waals surface area contributed by atoms with Gasteiger partial charge in [0.25, 0.3) is 5.91 Å². The number of benzene rings is 2. The van der Waals surface area contributed by atoms with Crippen molar-refractivity contribution in [1.82, 2.24) is 0 Å². The number of anilines is 1. The molecule has 0 unspecified atom stereocenters. The maximum absolute atomic E-state index is 12.2. The van der Waals surface area contributed by atoms with E-state index in [0.717, 1.165) is 6.26 Å². The summed E-state index contributed by atoms with van der Waals surface area (Å²) in [5, 5.41) is 11.5. The number of carbonyl (C=O) groups is 2. The lowest BCUT2D eigenvalue weighted by atomic mass is 10.2. The molecule has 2 aromatic carbocycles. The van der Waals surface area contributed by atoms with Crippen molar-refractivity contribution in [3.63, 3.8) is 0 Å². The third kappa shape index (κ3) is 4.68. The number of amides is 1. The van der Waals surface area contributed by atoms with Crippen LogP contribution in [-0.2, 0) is 19.4 Å². The average Bonchev–Trinajstić information content (AvgIpc) is 2.61. The highest BCUT2D eigenvalue weighted by Crippen LogP contribution is 2.16. The van der Waals surface area contributed by atoms with Gasteiger partial charge < -0.3 is 10.1 Å². The Morgan fingerprint density at radius 3 is 2.50 bits per heavy atom. The highest BCUT2D eigenvalue weighted by Gasteiger charge is 2.21. The van der Waals surface area contributed by atoms with Gasteiger partial charge in [-0.05, 0) is 37.3 Å². The van der Waals surface area contributed by atoms with Gasteiger partial charge in [0.2, 0.25) is 0 Å². The van der Waals surface area contributed by atoms with Gasteiger partial charge >= 0.3 is 5.97 Å². The maximum Gasteiger partial charge on any atom is 0.338 e. The summed E-state index contributed by atoms with van der Waals surface area (Å²) in [5.41, 5.74) is 0.604. The molecule has 2 aromatic rings. The second kappa shape index (κ2) is 7.80. The summed E-state index contributed by atoms with van der Waals surface area (Å²) in [6.07, 6.45) is -0.115. The molecule has 26 heavy (non-hydrogen) atoms. The van der Waals surface area contributed by atoms with Crippen molar-refractivity contribution in [2.45, 2.75) is 17.9 Å². The summed E-state index contributed by atoms with van der Waals surface area (Å²) in [6.45, 7) is 1.38. The van der Waals surface area contributed by atoms with E-state index in [1.807, 2.05) is 6.07 Å². The molecule has 0 radical (unpaired) electrons. The van der Waals surface area contributed by atoms with Gasteiger partial charge in [0.1, 0.15) is 6.07 Å². The topological polar surface area (TPSA) is 113 Å². The van der Waals surface area contributed by atoms with Crippen LogP contribution in [0, 0.1) is 11.3 Å². The number of nitriles is 1. The summed E-state index contributed by atoms with van der Waals surface area (Å²) in [6, 6.07) is 13.7. The van der Waals surface area contributed by atoms with Crippen LogP contribution in [0.5, 0.6) is 0 Å². The Morgan fingerprint density at radius 1 is 1.15 bits per heavy atom. The number of para-hydroxylation sites is 1. The number of esters is 1. The summed E-state index contributed by atoms with van der Waals surface area (Å²) in [7, 11) is -3.47. The number of sulfone groups is 1. The Kier molecular flexibility index (Phi) is 5.75. The Hall–Kier alpha value is -3.18. The fraction of sp³-hybridized carbons (Fsp3) is 0.167. The third-order valence-corrected chi connectivity index (χ3v) is 4.57. The number of hydrogen-bond acceptors (Lipinski definition) is 6. The minimum atomic E-state index is -3.47. The van der Waals surface area contributed by atoms with E-state index < -0.39 is 27.8 Å². The lowest BCUT2D eigenvalue weighted by molar-refractivity contribution is -0.123. The zero-order valence-electron chi connectivity index (χ0n) is 14.1. The van der Waals surface area contributed by atoms with Crippen LogP contribution in [0.25, 0.3) is 0 Å². The maximum atomic E-state index is 12.2. The van der Waals surface area contributed by atoms with Gasteiger partial charge in [-0.3, -0.25) is 4.79 Å². The number of nitrogens with one attached hydrogen (secondary N) is 1. The minimum Gasteiger partial charge on any atom is -0.449 e. The van der Waals surface area contributed by atoms with E-state index in [2.05, 4.69) is 5.32 Å². The van der Waals surface area contributed by atoms with Gasteiger partial charge in [-0.2, -0.15) is 5.26 Å². The van der Waals surface area contributed by atoms with Crippen molar-refractivity contribution in [2.75, 3.05) is 11.6 Å². The highest BCUT2D eigenvalue weighted by molar-refractivity contribution is 7.90. The van der Waals surface area contributed by atoms with Crippen molar-refractivity contribution in [3.05, 3.63) is 59.7 Å². The van der Waals surface area contributed by atoms with E-state index >= 15 is 0 Å². The number of rotatable bonds is 5. The second-order valence-electron chi connectivity index (χ2n) is 5.49. The second-order valence-corrected chi connectivity index (χ2v) is 7.51. The SMILES string of the molecule is C[C@@H](OC(=O)c1cccc(S(C)(=O)=O)c1)C(=O)Nc1ccccc1C#N. The van der Waals surface area contributed by atoms with E-state index in [9.17, 15) is 18.0 Å². The van der Waals surface area contributed by atoms with E-state index in [-0.39, 0.29) is 16.0 Å². The quantitative estimate of drug-likeness (QED) is 0.805. The van der Waals surface area contributed by atoms with Gasteiger partial charge in [-0.1, -0.05) is 18.2 Å². The van der Waals surface area contributed by atoms with Crippen LogP contribution in [-0.4, -0.2) is 32.7 Å². The molecule has 0 aromatic heterocycles. The predicted molar refractivity (Wildman–Crippen MR) is 94.2 cm³/mol.